The highest BCUT2D eigenvalue weighted by atomic mass is 16.2. The van der Waals surface area contributed by atoms with Crippen molar-refractivity contribution in [3.63, 3.8) is 0 Å². The molecule has 3 heterocycles. The molecule has 0 aliphatic carbocycles. The van der Waals surface area contributed by atoms with Gasteiger partial charge < -0.3 is 10.2 Å². The van der Waals surface area contributed by atoms with Gasteiger partial charge in [0.25, 0.3) is 0 Å². The van der Waals surface area contributed by atoms with Gasteiger partial charge in [0.2, 0.25) is 11.8 Å². The molecule has 2 aliphatic heterocycles. The Bertz CT molecular complexity index is 1290. The van der Waals surface area contributed by atoms with Crippen LogP contribution in [0.4, 0.5) is 0 Å². The maximum atomic E-state index is 13.9. The second-order valence-corrected chi connectivity index (χ2v) is 11.8. The Labute approximate surface area is 232 Å². The summed E-state index contributed by atoms with van der Waals surface area (Å²) in [6.07, 6.45) is 1.82. The molecule has 1 spiro atoms. The quantitative estimate of drug-likeness (QED) is 0.461. The molecule has 0 saturated carbocycles. The number of nitrogens with one attached hydrogen (secondary N) is 2. The zero-order chi connectivity index (χ0) is 27.7. The van der Waals surface area contributed by atoms with E-state index >= 15 is 0 Å². The van der Waals surface area contributed by atoms with Gasteiger partial charge in [0, 0.05) is 30.9 Å². The van der Waals surface area contributed by atoms with Gasteiger partial charge in [0.15, 0.2) is 0 Å². The number of piperidine rings is 1. The van der Waals surface area contributed by atoms with Crippen LogP contribution in [-0.2, 0) is 16.1 Å². The Kier molecular flexibility index (Phi) is 7.63. The van der Waals surface area contributed by atoms with Crippen molar-refractivity contribution in [2.75, 3.05) is 13.1 Å². The van der Waals surface area contributed by atoms with Crippen LogP contribution >= 0.6 is 0 Å². The predicted molar refractivity (Wildman–Crippen MR) is 153 cm³/mol. The van der Waals surface area contributed by atoms with Crippen molar-refractivity contribution in [3.05, 3.63) is 88.2 Å². The Morgan fingerprint density at radius 2 is 1.64 bits per heavy atom. The van der Waals surface area contributed by atoms with E-state index in [9.17, 15) is 9.59 Å². The first-order valence-electron chi connectivity index (χ1n) is 14.2. The fourth-order valence-electron chi connectivity index (χ4n) is 6.42. The number of carbonyl (C=O) groups is 2. The molecule has 5 rings (SSSR count). The number of likely N-dealkylation sites (tertiary alicyclic amines) is 1. The van der Waals surface area contributed by atoms with Crippen LogP contribution in [0.25, 0.3) is 0 Å². The number of hydrogen-bond acceptors (Lipinski definition) is 4. The molecule has 2 amide bonds. The number of nitrogens with zero attached hydrogens (tertiary/aromatic N) is 3. The number of amides is 2. The highest BCUT2D eigenvalue weighted by Crippen LogP contribution is 2.40. The maximum absolute atomic E-state index is 13.9. The van der Waals surface area contributed by atoms with Gasteiger partial charge in [-0.25, -0.2) is 0 Å². The van der Waals surface area contributed by atoms with Crippen molar-refractivity contribution in [1.82, 2.24) is 25.3 Å². The van der Waals surface area contributed by atoms with E-state index in [0.29, 0.717) is 44.8 Å². The lowest BCUT2D eigenvalue weighted by atomic mass is 9.79. The van der Waals surface area contributed by atoms with Crippen LogP contribution in [-0.4, -0.2) is 56.5 Å². The third kappa shape index (κ3) is 5.24. The molecular formula is C32H41N5O2. The summed E-state index contributed by atoms with van der Waals surface area (Å²) in [6.45, 7) is 12.2. The van der Waals surface area contributed by atoms with Gasteiger partial charge >= 0.3 is 0 Å². The van der Waals surface area contributed by atoms with E-state index in [1.807, 2.05) is 17.9 Å². The molecule has 3 aromatic rings. The standard InChI is InChI=1S/C32H41N5O2/c1-21(2)19-27-30(38)37(20-25-13-11-22(3)12-14-25)32(31(39)33-27)15-17-36(18-16-32)29(26-9-7-6-8-10-26)28-23(4)34-35-24(28)5/h6-14,21,27,29H,15-20H2,1-5H3,(H,33,39)(H,34,35). The Balaban J connectivity index is 1.46. The van der Waals surface area contributed by atoms with E-state index in [2.05, 4.69) is 96.6 Å². The molecule has 39 heavy (non-hydrogen) atoms. The Hall–Kier alpha value is -3.45. The predicted octanol–water partition coefficient (Wildman–Crippen LogP) is 4.83. The van der Waals surface area contributed by atoms with Crippen LogP contribution in [0.3, 0.4) is 0 Å². The van der Waals surface area contributed by atoms with Crippen molar-refractivity contribution in [3.8, 4) is 0 Å². The lowest BCUT2D eigenvalue weighted by molar-refractivity contribution is -0.163. The van der Waals surface area contributed by atoms with E-state index in [-0.39, 0.29) is 17.9 Å². The number of aromatic nitrogens is 2. The molecule has 2 N–H and O–H groups in total. The molecule has 2 aliphatic rings. The third-order valence-corrected chi connectivity index (χ3v) is 8.54. The number of carbonyl (C=O) groups excluding carboxylic acids is 2. The Morgan fingerprint density at radius 1 is 0.974 bits per heavy atom. The van der Waals surface area contributed by atoms with Crippen LogP contribution in [0.15, 0.2) is 54.6 Å². The van der Waals surface area contributed by atoms with Crippen LogP contribution in [0, 0.1) is 26.7 Å². The fraction of sp³-hybridized carbons (Fsp3) is 0.469. The molecule has 2 saturated heterocycles. The molecule has 7 heteroatoms. The Morgan fingerprint density at radius 3 is 2.23 bits per heavy atom. The molecular weight excluding hydrogens is 486 g/mol. The number of H-pyrrole nitrogens is 1. The summed E-state index contributed by atoms with van der Waals surface area (Å²) < 4.78 is 0. The number of hydrogen-bond donors (Lipinski definition) is 2. The van der Waals surface area contributed by atoms with Crippen LogP contribution in [0.1, 0.15) is 72.8 Å². The van der Waals surface area contributed by atoms with E-state index in [1.165, 1.54) is 16.7 Å². The minimum Gasteiger partial charge on any atom is -0.342 e. The first-order chi connectivity index (χ1) is 18.7. The number of aryl methyl sites for hydroxylation is 3. The van der Waals surface area contributed by atoms with Crippen molar-refractivity contribution in [2.45, 2.75) is 78.0 Å². The normalized spacial score (nSPS) is 20.5. The fourth-order valence-corrected chi connectivity index (χ4v) is 6.42. The molecule has 1 aromatic heterocycles. The molecule has 2 atom stereocenters. The number of benzene rings is 2. The van der Waals surface area contributed by atoms with Gasteiger partial charge in [-0.15, -0.1) is 0 Å². The number of aromatic amines is 1. The second-order valence-electron chi connectivity index (χ2n) is 11.8. The van der Waals surface area contributed by atoms with E-state index in [4.69, 9.17) is 0 Å². The van der Waals surface area contributed by atoms with Crippen molar-refractivity contribution >= 4 is 11.8 Å². The summed E-state index contributed by atoms with van der Waals surface area (Å²) in [7, 11) is 0. The van der Waals surface area contributed by atoms with Gasteiger partial charge in [0.05, 0.1) is 11.7 Å². The first-order valence-corrected chi connectivity index (χ1v) is 14.2. The smallest absolute Gasteiger partial charge is 0.246 e. The third-order valence-electron chi connectivity index (χ3n) is 8.54. The van der Waals surface area contributed by atoms with Crippen molar-refractivity contribution < 1.29 is 9.59 Å². The minimum atomic E-state index is -0.853. The monoisotopic (exact) mass is 527 g/mol. The summed E-state index contributed by atoms with van der Waals surface area (Å²) in [6, 6.07) is 18.4. The van der Waals surface area contributed by atoms with Gasteiger partial charge in [-0.2, -0.15) is 5.10 Å². The molecule has 2 unspecified atom stereocenters. The van der Waals surface area contributed by atoms with Gasteiger partial charge in [-0.3, -0.25) is 19.6 Å². The van der Waals surface area contributed by atoms with Crippen LogP contribution < -0.4 is 5.32 Å². The zero-order valence-electron chi connectivity index (χ0n) is 23.8. The number of rotatable bonds is 7. The maximum Gasteiger partial charge on any atom is 0.246 e. The summed E-state index contributed by atoms with van der Waals surface area (Å²) in [5.41, 5.74) is 5.83. The van der Waals surface area contributed by atoms with Crippen LogP contribution in [0.5, 0.6) is 0 Å². The SMILES string of the molecule is Cc1ccc(CN2C(=O)C(CC(C)C)NC(=O)C23CCN(C(c2ccccc2)c2c(C)n[nH]c2C)CC3)cc1. The number of piperazine rings is 1. The lowest BCUT2D eigenvalue weighted by Gasteiger charge is -2.52. The summed E-state index contributed by atoms with van der Waals surface area (Å²) in [5.74, 6) is 0.342. The summed E-state index contributed by atoms with van der Waals surface area (Å²) in [5, 5.41) is 10.8. The van der Waals surface area contributed by atoms with E-state index in [1.54, 1.807) is 0 Å². The lowest BCUT2D eigenvalue weighted by Crippen LogP contribution is -2.72. The van der Waals surface area contributed by atoms with Crippen LogP contribution in [0.2, 0.25) is 0 Å². The topological polar surface area (TPSA) is 81.3 Å². The molecule has 206 valence electrons. The first kappa shape index (κ1) is 27.1. The molecule has 0 radical (unpaired) electrons. The minimum absolute atomic E-state index is 0.00792. The molecule has 2 fully saturated rings. The summed E-state index contributed by atoms with van der Waals surface area (Å²) in [4.78, 5) is 32.2. The van der Waals surface area contributed by atoms with Crippen molar-refractivity contribution in [2.24, 2.45) is 5.92 Å². The van der Waals surface area contributed by atoms with Gasteiger partial charge in [-0.05, 0) is 57.1 Å². The average Bonchev–Trinajstić information content (AvgIpc) is 3.25. The average molecular weight is 528 g/mol. The highest BCUT2D eigenvalue weighted by molar-refractivity contribution is 6.00. The highest BCUT2D eigenvalue weighted by Gasteiger charge is 2.54. The molecule has 0 bridgehead atoms. The molecule has 2 aromatic carbocycles. The second kappa shape index (κ2) is 11.0. The van der Waals surface area contributed by atoms with E-state index < -0.39 is 11.6 Å². The zero-order valence-corrected chi connectivity index (χ0v) is 23.8. The van der Waals surface area contributed by atoms with Gasteiger partial charge in [0.1, 0.15) is 11.6 Å². The van der Waals surface area contributed by atoms with Gasteiger partial charge in [-0.1, -0.05) is 74.0 Å². The molecule has 7 nitrogen and oxygen atoms in total. The van der Waals surface area contributed by atoms with Crippen molar-refractivity contribution in [1.29, 1.82) is 0 Å². The van der Waals surface area contributed by atoms with E-state index in [0.717, 1.165) is 17.0 Å². The summed E-state index contributed by atoms with van der Waals surface area (Å²) >= 11 is 0. The largest absolute Gasteiger partial charge is 0.342 e.